The number of hydrogen-bond donors (Lipinski definition) is 3. The highest BCUT2D eigenvalue weighted by molar-refractivity contribution is 5.94. The van der Waals surface area contributed by atoms with Gasteiger partial charge < -0.3 is 25.5 Å². The van der Waals surface area contributed by atoms with Crippen molar-refractivity contribution in [3.63, 3.8) is 0 Å². The Labute approximate surface area is 134 Å². The lowest BCUT2D eigenvalue weighted by Gasteiger charge is -2.25. The molecule has 0 aromatic carbocycles. The fourth-order valence-electron chi connectivity index (χ4n) is 2.87. The first-order valence-electron chi connectivity index (χ1n) is 7.66. The van der Waals surface area contributed by atoms with E-state index < -0.39 is 11.5 Å². The molecule has 1 fully saturated rings. The molecular weight excluding hydrogens is 296 g/mol. The third kappa shape index (κ3) is 3.36. The van der Waals surface area contributed by atoms with E-state index in [2.05, 4.69) is 14.9 Å². The molecular formula is C16H22N4O3. The van der Waals surface area contributed by atoms with Crippen LogP contribution in [0, 0.1) is 0 Å². The number of fused-ring (bicyclic) bond motifs is 1. The summed E-state index contributed by atoms with van der Waals surface area (Å²) >= 11 is 0. The van der Waals surface area contributed by atoms with Crippen LogP contribution in [-0.4, -0.2) is 52.0 Å². The van der Waals surface area contributed by atoms with Crippen molar-refractivity contribution in [2.75, 3.05) is 19.7 Å². The second kappa shape index (κ2) is 5.92. The number of rotatable bonds is 5. The second-order valence-corrected chi connectivity index (χ2v) is 6.60. The van der Waals surface area contributed by atoms with Crippen molar-refractivity contribution >= 4 is 16.8 Å². The van der Waals surface area contributed by atoms with Gasteiger partial charge in [-0.1, -0.05) is 0 Å². The van der Waals surface area contributed by atoms with Crippen LogP contribution in [0.3, 0.4) is 0 Å². The van der Waals surface area contributed by atoms with Crippen LogP contribution in [0.5, 0.6) is 0 Å². The largest absolute Gasteiger partial charge is 0.388 e. The van der Waals surface area contributed by atoms with E-state index >= 15 is 0 Å². The average molecular weight is 318 g/mol. The molecule has 0 saturated carbocycles. The van der Waals surface area contributed by atoms with Crippen LogP contribution in [-0.2, 0) is 4.74 Å². The fraction of sp³-hybridized carbons (Fsp3) is 0.500. The molecule has 124 valence electrons. The van der Waals surface area contributed by atoms with Gasteiger partial charge in [0, 0.05) is 30.9 Å². The van der Waals surface area contributed by atoms with E-state index in [0.29, 0.717) is 6.54 Å². The summed E-state index contributed by atoms with van der Waals surface area (Å²) in [5.41, 5.74) is 5.61. The van der Waals surface area contributed by atoms with Crippen LogP contribution in [0.15, 0.2) is 24.5 Å². The third-order valence-electron chi connectivity index (χ3n) is 3.99. The van der Waals surface area contributed by atoms with Gasteiger partial charge in [-0.3, -0.25) is 9.78 Å². The number of aliphatic hydroxyl groups is 1. The summed E-state index contributed by atoms with van der Waals surface area (Å²) in [6.07, 6.45) is 3.57. The van der Waals surface area contributed by atoms with Crippen LogP contribution in [0.25, 0.3) is 10.9 Å². The molecule has 4 N–H and O–H groups in total. The van der Waals surface area contributed by atoms with Gasteiger partial charge in [0.1, 0.15) is 5.69 Å². The van der Waals surface area contributed by atoms with Crippen LogP contribution >= 0.6 is 0 Å². The van der Waals surface area contributed by atoms with E-state index in [1.54, 1.807) is 26.1 Å². The summed E-state index contributed by atoms with van der Waals surface area (Å²) in [5.74, 6) is -0.543. The van der Waals surface area contributed by atoms with Gasteiger partial charge in [0.15, 0.2) is 0 Å². The second-order valence-electron chi connectivity index (χ2n) is 6.60. The monoisotopic (exact) mass is 318 g/mol. The zero-order valence-corrected chi connectivity index (χ0v) is 13.3. The van der Waals surface area contributed by atoms with Crippen molar-refractivity contribution in [2.45, 2.75) is 31.6 Å². The van der Waals surface area contributed by atoms with E-state index in [4.69, 9.17) is 10.5 Å². The molecule has 0 aliphatic carbocycles. The van der Waals surface area contributed by atoms with Crippen LogP contribution in [0.1, 0.15) is 30.4 Å². The highest BCUT2D eigenvalue weighted by Gasteiger charge is 2.31. The highest BCUT2D eigenvalue weighted by atomic mass is 16.5. The van der Waals surface area contributed by atoms with Gasteiger partial charge in [-0.05, 0) is 26.0 Å². The maximum absolute atomic E-state index is 11.4. The minimum Gasteiger partial charge on any atom is -0.388 e. The molecule has 1 saturated heterocycles. The highest BCUT2D eigenvalue weighted by Crippen LogP contribution is 2.26. The maximum atomic E-state index is 11.4. The number of aromatic nitrogens is 2. The zero-order valence-electron chi connectivity index (χ0n) is 13.3. The summed E-state index contributed by atoms with van der Waals surface area (Å²) in [4.78, 5) is 15.4. The van der Waals surface area contributed by atoms with E-state index in [0.717, 1.165) is 17.4 Å². The number of pyridine rings is 1. The zero-order chi connectivity index (χ0) is 16.6. The van der Waals surface area contributed by atoms with Crippen molar-refractivity contribution < 1.29 is 14.6 Å². The van der Waals surface area contributed by atoms with E-state index in [1.165, 1.54) is 0 Å². The van der Waals surface area contributed by atoms with E-state index in [-0.39, 0.29) is 24.4 Å². The minimum absolute atomic E-state index is 0.0535. The first kappa shape index (κ1) is 15.9. The normalized spacial score (nSPS) is 21.9. The molecule has 0 radical (unpaired) electrons. The molecule has 0 unspecified atom stereocenters. The number of nitrogens with one attached hydrogen (secondary N) is 1. The lowest BCUT2D eigenvalue weighted by atomic mass is 10.1. The van der Waals surface area contributed by atoms with E-state index in [9.17, 15) is 9.90 Å². The Bertz CT molecular complexity index is 720. The molecule has 2 aromatic heterocycles. The SMILES string of the molecule is CC(C)(O)CO[C@@H]1CNC[C@H]1n1ccc2cnc(C(N)=O)cc21. The van der Waals surface area contributed by atoms with E-state index in [1.807, 2.05) is 12.3 Å². The Hall–Kier alpha value is -1.96. The number of hydrogen-bond acceptors (Lipinski definition) is 5. The molecule has 1 aliphatic rings. The van der Waals surface area contributed by atoms with Gasteiger partial charge in [0.2, 0.25) is 0 Å². The molecule has 7 nitrogen and oxygen atoms in total. The molecule has 3 rings (SSSR count). The first-order chi connectivity index (χ1) is 10.8. The molecule has 3 heterocycles. The Balaban J connectivity index is 1.89. The van der Waals surface area contributed by atoms with Crippen LogP contribution < -0.4 is 11.1 Å². The number of primary amides is 1. The summed E-state index contributed by atoms with van der Waals surface area (Å²) in [5, 5.41) is 14.1. The third-order valence-corrected chi connectivity index (χ3v) is 3.99. The van der Waals surface area contributed by atoms with Crippen molar-refractivity contribution in [3.8, 4) is 0 Å². The van der Waals surface area contributed by atoms with Gasteiger partial charge in [-0.25, -0.2) is 0 Å². The number of carbonyl (C=O) groups is 1. The smallest absolute Gasteiger partial charge is 0.267 e. The quantitative estimate of drug-likeness (QED) is 0.742. The Kier molecular flexibility index (Phi) is 4.09. The number of ether oxygens (including phenoxy) is 1. The van der Waals surface area contributed by atoms with Crippen molar-refractivity contribution in [2.24, 2.45) is 5.73 Å². The van der Waals surface area contributed by atoms with Gasteiger partial charge in [0.25, 0.3) is 5.91 Å². The standard InChI is InChI=1S/C16H22N4O3/c1-16(2,22)9-23-14-8-18-7-13(14)20-4-3-10-6-19-11(15(17)21)5-12(10)20/h3-6,13-14,18,22H,7-9H2,1-2H3,(H2,17,21)/t13-,14-/m1/s1. The van der Waals surface area contributed by atoms with Crippen molar-refractivity contribution in [1.29, 1.82) is 0 Å². The lowest BCUT2D eigenvalue weighted by molar-refractivity contribution is -0.0565. The number of nitrogens with zero attached hydrogens (tertiary/aromatic N) is 2. The summed E-state index contributed by atoms with van der Waals surface area (Å²) in [6, 6.07) is 3.75. The van der Waals surface area contributed by atoms with Gasteiger partial charge in [0.05, 0.1) is 29.9 Å². The molecule has 1 aliphatic heterocycles. The molecule has 0 bridgehead atoms. The number of nitrogens with two attached hydrogens (primary N) is 1. The van der Waals surface area contributed by atoms with Crippen molar-refractivity contribution in [3.05, 3.63) is 30.2 Å². The van der Waals surface area contributed by atoms with Gasteiger partial charge >= 0.3 is 0 Å². The van der Waals surface area contributed by atoms with Gasteiger partial charge in [-0.15, -0.1) is 0 Å². The predicted octanol–water partition coefficient (Wildman–Crippen LogP) is 0.436. The average Bonchev–Trinajstić information content (AvgIpc) is 3.09. The Morgan fingerprint density at radius 3 is 3.04 bits per heavy atom. The van der Waals surface area contributed by atoms with Crippen molar-refractivity contribution in [1.82, 2.24) is 14.9 Å². The van der Waals surface area contributed by atoms with Crippen LogP contribution in [0.2, 0.25) is 0 Å². The molecule has 7 heteroatoms. The molecule has 2 aromatic rings. The molecule has 23 heavy (non-hydrogen) atoms. The minimum atomic E-state index is -0.866. The number of carbonyl (C=O) groups excluding carboxylic acids is 1. The lowest BCUT2D eigenvalue weighted by Crippen LogP contribution is -2.33. The summed E-state index contributed by atoms with van der Waals surface area (Å²) in [7, 11) is 0. The van der Waals surface area contributed by atoms with Gasteiger partial charge in [-0.2, -0.15) is 0 Å². The maximum Gasteiger partial charge on any atom is 0.267 e. The van der Waals surface area contributed by atoms with Crippen LogP contribution in [0.4, 0.5) is 0 Å². The first-order valence-corrected chi connectivity index (χ1v) is 7.66. The molecule has 1 amide bonds. The molecule has 0 spiro atoms. The fourth-order valence-corrected chi connectivity index (χ4v) is 2.87. The number of amides is 1. The Morgan fingerprint density at radius 1 is 1.57 bits per heavy atom. The predicted molar refractivity (Wildman–Crippen MR) is 86.2 cm³/mol. The molecule has 2 atom stereocenters. The topological polar surface area (TPSA) is 102 Å². The summed E-state index contributed by atoms with van der Waals surface area (Å²) in [6.45, 7) is 5.19. The Morgan fingerprint density at radius 2 is 2.35 bits per heavy atom. The summed E-state index contributed by atoms with van der Waals surface area (Å²) < 4.78 is 7.97.